The van der Waals surface area contributed by atoms with Crippen molar-refractivity contribution in [3.8, 4) is 0 Å². The number of hydrogen-bond donors (Lipinski definition) is 1. The monoisotopic (exact) mass is 408 g/mol. The van der Waals surface area contributed by atoms with E-state index >= 15 is 0 Å². The molecule has 1 N–H and O–H groups in total. The Balaban J connectivity index is 0.00000220. The van der Waals surface area contributed by atoms with E-state index in [1.54, 1.807) is 0 Å². The van der Waals surface area contributed by atoms with Crippen LogP contribution in [0.3, 0.4) is 0 Å². The summed E-state index contributed by atoms with van der Waals surface area (Å²) < 4.78 is 0. The number of nitrogens with zero attached hydrogens (tertiary/aromatic N) is 3. The molecule has 5 heteroatoms. The molecule has 0 bridgehead atoms. The Bertz CT molecular complexity index is 343. The maximum absolute atomic E-state index is 4.48. The van der Waals surface area contributed by atoms with E-state index in [2.05, 4.69) is 40.9 Å². The van der Waals surface area contributed by atoms with Crippen molar-refractivity contribution in [2.24, 2.45) is 10.4 Å². The smallest absolute Gasteiger partial charge is 0.193 e. The second kappa shape index (κ2) is 8.56. The highest BCUT2D eigenvalue weighted by molar-refractivity contribution is 14.0. The van der Waals surface area contributed by atoms with E-state index in [0.29, 0.717) is 11.5 Å². The van der Waals surface area contributed by atoms with E-state index in [0.717, 1.165) is 25.6 Å². The number of guanidine groups is 1. The van der Waals surface area contributed by atoms with Crippen molar-refractivity contribution in [1.29, 1.82) is 0 Å². The van der Waals surface area contributed by atoms with Crippen molar-refractivity contribution < 1.29 is 0 Å². The average molecular weight is 408 g/mol. The summed E-state index contributed by atoms with van der Waals surface area (Å²) in [4.78, 5) is 9.51. The predicted molar refractivity (Wildman–Crippen MR) is 102 cm³/mol. The highest BCUT2D eigenvalue weighted by atomic mass is 127. The lowest BCUT2D eigenvalue weighted by Crippen LogP contribution is -2.49. The Labute approximate surface area is 147 Å². The topological polar surface area (TPSA) is 30.9 Å². The second-order valence-electron chi connectivity index (χ2n) is 7.04. The van der Waals surface area contributed by atoms with Gasteiger partial charge in [-0.1, -0.05) is 27.2 Å². The summed E-state index contributed by atoms with van der Waals surface area (Å²) >= 11 is 0. The van der Waals surface area contributed by atoms with Crippen LogP contribution in [0, 0.1) is 5.41 Å². The number of halogens is 1. The van der Waals surface area contributed by atoms with Crippen LogP contribution in [0.5, 0.6) is 0 Å². The van der Waals surface area contributed by atoms with Gasteiger partial charge in [0.25, 0.3) is 0 Å². The van der Waals surface area contributed by atoms with E-state index in [4.69, 9.17) is 0 Å². The zero-order valence-corrected chi connectivity index (χ0v) is 16.5. The minimum absolute atomic E-state index is 0. The first-order valence-corrected chi connectivity index (χ1v) is 8.25. The predicted octanol–water partition coefficient (Wildman–Crippen LogP) is 2.79. The third-order valence-corrected chi connectivity index (χ3v) is 4.84. The number of hydrogen-bond acceptors (Lipinski definition) is 2. The van der Waals surface area contributed by atoms with Gasteiger partial charge in [0.2, 0.25) is 0 Å². The molecule has 2 aliphatic rings. The summed E-state index contributed by atoms with van der Waals surface area (Å²) in [5.74, 6) is 1.09. The van der Waals surface area contributed by atoms with Crippen LogP contribution in [0.2, 0.25) is 0 Å². The molecule has 0 radical (unpaired) electrons. The van der Waals surface area contributed by atoms with E-state index < -0.39 is 0 Å². The quantitative estimate of drug-likeness (QED) is 0.443. The molecule has 0 spiro atoms. The lowest BCUT2D eigenvalue weighted by Gasteiger charge is -2.36. The fourth-order valence-electron chi connectivity index (χ4n) is 3.54. The molecule has 0 amide bonds. The van der Waals surface area contributed by atoms with Crippen molar-refractivity contribution in [2.45, 2.75) is 52.5 Å². The first kappa shape index (κ1) is 19.0. The summed E-state index contributed by atoms with van der Waals surface area (Å²) in [5, 5.41) is 3.62. The fraction of sp³-hybridized carbons (Fsp3) is 0.938. The van der Waals surface area contributed by atoms with E-state index in [9.17, 15) is 0 Å². The van der Waals surface area contributed by atoms with Crippen molar-refractivity contribution in [3.63, 3.8) is 0 Å². The molecule has 0 aromatic heterocycles. The van der Waals surface area contributed by atoms with Crippen LogP contribution in [-0.2, 0) is 0 Å². The van der Waals surface area contributed by atoms with Gasteiger partial charge < -0.3 is 10.2 Å². The molecular formula is C16H33IN4. The van der Waals surface area contributed by atoms with Crippen LogP contribution < -0.4 is 5.32 Å². The molecule has 0 aromatic carbocycles. The normalized spacial score (nSPS) is 26.6. The molecule has 0 saturated carbocycles. The van der Waals surface area contributed by atoms with E-state index in [-0.39, 0.29) is 24.0 Å². The second-order valence-corrected chi connectivity index (χ2v) is 7.04. The number of nitrogens with one attached hydrogen (secondary N) is 1. The molecule has 0 aromatic rings. The molecule has 2 heterocycles. The summed E-state index contributed by atoms with van der Waals surface area (Å²) in [6.45, 7) is 12.7. The van der Waals surface area contributed by atoms with Gasteiger partial charge in [-0.15, -0.1) is 24.0 Å². The van der Waals surface area contributed by atoms with Gasteiger partial charge >= 0.3 is 0 Å². The van der Waals surface area contributed by atoms with Gasteiger partial charge in [-0.3, -0.25) is 9.89 Å². The van der Waals surface area contributed by atoms with Gasteiger partial charge in [-0.2, -0.15) is 0 Å². The Morgan fingerprint density at radius 2 is 2.05 bits per heavy atom. The standard InChI is InChI=1S/C16H32N4.HI/c1-5-19-10-7-6-8-14(19)12-18-15(17-4)20-11-9-16(2,3)13-20;/h14H,5-13H2,1-4H3,(H,17,18);1H. The number of likely N-dealkylation sites (N-methyl/N-ethyl adjacent to an activating group) is 1. The Hall–Kier alpha value is -0.0400. The maximum Gasteiger partial charge on any atom is 0.193 e. The van der Waals surface area contributed by atoms with Gasteiger partial charge in [-0.05, 0) is 37.8 Å². The maximum atomic E-state index is 4.48. The van der Waals surface area contributed by atoms with Crippen molar-refractivity contribution >= 4 is 29.9 Å². The number of rotatable bonds is 3. The molecule has 2 saturated heterocycles. The Morgan fingerprint density at radius 1 is 1.29 bits per heavy atom. The van der Waals surface area contributed by atoms with Crippen LogP contribution in [0.25, 0.3) is 0 Å². The van der Waals surface area contributed by atoms with Crippen molar-refractivity contribution in [1.82, 2.24) is 15.1 Å². The van der Waals surface area contributed by atoms with Crippen LogP contribution in [0.15, 0.2) is 4.99 Å². The molecule has 2 aliphatic heterocycles. The molecular weight excluding hydrogens is 375 g/mol. The number of piperidine rings is 1. The minimum Gasteiger partial charge on any atom is -0.355 e. The van der Waals surface area contributed by atoms with E-state index in [1.165, 1.54) is 38.8 Å². The van der Waals surface area contributed by atoms with Crippen molar-refractivity contribution in [2.75, 3.05) is 39.8 Å². The third kappa shape index (κ3) is 5.27. The summed E-state index contributed by atoms with van der Waals surface area (Å²) in [6, 6.07) is 0.682. The lowest BCUT2D eigenvalue weighted by atomic mass is 9.93. The molecule has 21 heavy (non-hydrogen) atoms. The summed E-state index contributed by atoms with van der Waals surface area (Å²) in [5.41, 5.74) is 0.428. The van der Waals surface area contributed by atoms with Gasteiger partial charge in [0.05, 0.1) is 0 Å². The minimum atomic E-state index is 0. The molecule has 1 unspecified atom stereocenters. The summed E-state index contributed by atoms with van der Waals surface area (Å²) in [6.07, 6.45) is 5.32. The highest BCUT2D eigenvalue weighted by Gasteiger charge is 2.31. The fourth-order valence-corrected chi connectivity index (χ4v) is 3.54. The van der Waals surface area contributed by atoms with Gasteiger partial charge in [-0.25, -0.2) is 0 Å². The largest absolute Gasteiger partial charge is 0.355 e. The first-order valence-electron chi connectivity index (χ1n) is 8.25. The average Bonchev–Trinajstić information content (AvgIpc) is 2.80. The zero-order valence-electron chi connectivity index (χ0n) is 14.2. The van der Waals surface area contributed by atoms with Crippen molar-refractivity contribution in [3.05, 3.63) is 0 Å². The first-order chi connectivity index (χ1) is 9.55. The third-order valence-electron chi connectivity index (χ3n) is 4.84. The van der Waals surface area contributed by atoms with Crippen LogP contribution in [-0.4, -0.2) is 61.6 Å². The molecule has 4 nitrogen and oxygen atoms in total. The van der Waals surface area contributed by atoms with Crippen LogP contribution >= 0.6 is 24.0 Å². The summed E-state index contributed by atoms with van der Waals surface area (Å²) in [7, 11) is 1.91. The molecule has 124 valence electrons. The van der Waals surface area contributed by atoms with E-state index in [1.807, 2.05) is 7.05 Å². The lowest BCUT2D eigenvalue weighted by molar-refractivity contribution is 0.156. The molecule has 1 atom stereocenters. The highest BCUT2D eigenvalue weighted by Crippen LogP contribution is 2.28. The molecule has 0 aliphatic carbocycles. The van der Waals surface area contributed by atoms with Gasteiger partial charge in [0.15, 0.2) is 5.96 Å². The molecule has 2 fully saturated rings. The number of likely N-dealkylation sites (tertiary alicyclic amines) is 2. The van der Waals surface area contributed by atoms with Crippen LogP contribution in [0.4, 0.5) is 0 Å². The number of aliphatic imine (C=N–C) groups is 1. The van der Waals surface area contributed by atoms with Gasteiger partial charge in [0.1, 0.15) is 0 Å². The Kier molecular flexibility index (Phi) is 7.74. The SMILES string of the molecule is CCN1CCCCC1CNC(=NC)N1CCC(C)(C)C1.I. The Morgan fingerprint density at radius 3 is 2.62 bits per heavy atom. The zero-order chi connectivity index (χ0) is 14.6. The van der Waals surface area contributed by atoms with Gasteiger partial charge in [0, 0.05) is 32.7 Å². The molecule has 2 rings (SSSR count). The van der Waals surface area contributed by atoms with Crippen LogP contribution in [0.1, 0.15) is 46.5 Å².